The van der Waals surface area contributed by atoms with Gasteiger partial charge in [0.1, 0.15) is 5.54 Å². The second kappa shape index (κ2) is 5.74. The molecule has 2 unspecified atom stereocenters. The van der Waals surface area contributed by atoms with Crippen molar-refractivity contribution in [1.29, 1.82) is 0 Å². The van der Waals surface area contributed by atoms with Crippen LogP contribution in [0.25, 0.3) is 0 Å². The Bertz CT molecular complexity index is 608. The van der Waals surface area contributed by atoms with E-state index in [1.807, 2.05) is 32.5 Å². The van der Waals surface area contributed by atoms with Crippen molar-refractivity contribution < 1.29 is 14.7 Å². The van der Waals surface area contributed by atoms with E-state index >= 15 is 0 Å². The maximum atomic E-state index is 12.7. The van der Waals surface area contributed by atoms with Gasteiger partial charge >= 0.3 is 5.97 Å². The van der Waals surface area contributed by atoms with Gasteiger partial charge in [0.25, 0.3) is 0 Å². The summed E-state index contributed by atoms with van der Waals surface area (Å²) in [6.07, 6.45) is 1.86. The maximum Gasteiger partial charge on any atom is 0.329 e. The molecule has 1 aliphatic rings. The summed E-state index contributed by atoms with van der Waals surface area (Å²) in [7, 11) is 1.89. The minimum absolute atomic E-state index is 0.0787. The number of carbonyl (C=O) groups is 2. The summed E-state index contributed by atoms with van der Waals surface area (Å²) in [6, 6.07) is 0. The van der Waals surface area contributed by atoms with E-state index in [1.165, 1.54) is 0 Å². The SMILES string of the molecule is Cc1nn(C)c(C)c1CC(C)C(=O)N1CCCC1(C)C(=O)O. The molecule has 6 nitrogen and oxygen atoms in total. The van der Waals surface area contributed by atoms with E-state index in [2.05, 4.69) is 5.10 Å². The van der Waals surface area contributed by atoms with Crippen LogP contribution in [0, 0.1) is 19.8 Å². The van der Waals surface area contributed by atoms with Crippen LogP contribution >= 0.6 is 0 Å². The summed E-state index contributed by atoms with van der Waals surface area (Å²) in [4.78, 5) is 25.8. The van der Waals surface area contributed by atoms with E-state index in [0.29, 0.717) is 19.4 Å². The second-order valence-electron chi connectivity index (χ2n) is 6.55. The van der Waals surface area contributed by atoms with Crippen LogP contribution in [0.1, 0.15) is 43.6 Å². The van der Waals surface area contributed by atoms with Crippen LogP contribution < -0.4 is 0 Å². The highest BCUT2D eigenvalue weighted by Gasteiger charge is 2.46. The molecule has 1 aromatic rings. The van der Waals surface area contributed by atoms with Crippen molar-refractivity contribution in [2.24, 2.45) is 13.0 Å². The molecule has 122 valence electrons. The number of amides is 1. The van der Waals surface area contributed by atoms with Gasteiger partial charge in [-0.2, -0.15) is 5.10 Å². The van der Waals surface area contributed by atoms with Crippen LogP contribution in [-0.4, -0.2) is 43.7 Å². The Hall–Kier alpha value is -1.85. The highest BCUT2D eigenvalue weighted by Crippen LogP contribution is 2.31. The smallest absolute Gasteiger partial charge is 0.329 e. The molecule has 0 bridgehead atoms. The monoisotopic (exact) mass is 307 g/mol. The number of rotatable bonds is 4. The standard InChI is InChI=1S/C16H25N3O3/c1-10(9-13-11(2)17-18(5)12(13)3)14(20)19-8-6-7-16(19,4)15(21)22/h10H,6-9H2,1-5H3,(H,21,22). The van der Waals surface area contributed by atoms with Gasteiger partial charge in [-0.3, -0.25) is 9.48 Å². The third-order valence-electron chi connectivity index (χ3n) is 4.96. The third kappa shape index (κ3) is 2.62. The third-order valence-corrected chi connectivity index (χ3v) is 4.96. The zero-order valence-corrected chi connectivity index (χ0v) is 14.0. The largest absolute Gasteiger partial charge is 0.480 e. The number of carbonyl (C=O) groups excluding carboxylic acids is 1. The Morgan fingerprint density at radius 2 is 2.05 bits per heavy atom. The van der Waals surface area contributed by atoms with E-state index in [4.69, 9.17) is 0 Å². The highest BCUT2D eigenvalue weighted by molar-refractivity contribution is 5.88. The molecule has 1 N–H and O–H groups in total. The topological polar surface area (TPSA) is 75.4 Å². The predicted octanol–water partition coefficient (Wildman–Crippen LogP) is 1.68. The van der Waals surface area contributed by atoms with Gasteiger partial charge in [-0.05, 0) is 45.6 Å². The number of aryl methyl sites for hydroxylation is 2. The number of aromatic nitrogens is 2. The molecule has 1 saturated heterocycles. The van der Waals surface area contributed by atoms with Crippen molar-refractivity contribution in [3.63, 3.8) is 0 Å². The van der Waals surface area contributed by atoms with Crippen molar-refractivity contribution in [1.82, 2.24) is 14.7 Å². The normalized spacial score (nSPS) is 22.9. The van der Waals surface area contributed by atoms with Crippen LogP contribution in [-0.2, 0) is 23.1 Å². The summed E-state index contributed by atoms with van der Waals surface area (Å²) in [5, 5.41) is 13.8. The molecule has 2 atom stereocenters. The maximum absolute atomic E-state index is 12.7. The van der Waals surface area contributed by atoms with Gasteiger partial charge in [0, 0.05) is 25.2 Å². The molecule has 1 aliphatic heterocycles. The van der Waals surface area contributed by atoms with Gasteiger partial charge in [-0.15, -0.1) is 0 Å². The minimum Gasteiger partial charge on any atom is -0.480 e. The number of nitrogens with zero attached hydrogens (tertiary/aromatic N) is 3. The number of carboxylic acid groups (broad SMARTS) is 1. The lowest BCUT2D eigenvalue weighted by atomic mass is 9.94. The molecule has 1 amide bonds. The van der Waals surface area contributed by atoms with Gasteiger partial charge < -0.3 is 10.0 Å². The fraction of sp³-hybridized carbons (Fsp3) is 0.688. The number of aliphatic carboxylic acids is 1. The number of hydrogen-bond donors (Lipinski definition) is 1. The predicted molar refractivity (Wildman–Crippen MR) is 82.5 cm³/mol. The molecule has 22 heavy (non-hydrogen) atoms. The molecule has 0 radical (unpaired) electrons. The Morgan fingerprint density at radius 1 is 1.41 bits per heavy atom. The molecule has 0 spiro atoms. The molecule has 2 rings (SSSR count). The van der Waals surface area contributed by atoms with Crippen LogP contribution in [0.2, 0.25) is 0 Å². The Labute approximate surface area is 131 Å². The van der Waals surface area contributed by atoms with E-state index < -0.39 is 11.5 Å². The summed E-state index contributed by atoms with van der Waals surface area (Å²) in [6.45, 7) is 7.97. The minimum atomic E-state index is -1.07. The van der Waals surface area contributed by atoms with Gasteiger partial charge in [0.15, 0.2) is 0 Å². The van der Waals surface area contributed by atoms with Gasteiger partial charge in [0.2, 0.25) is 5.91 Å². The Kier molecular flexibility index (Phi) is 4.31. The lowest BCUT2D eigenvalue weighted by molar-refractivity contribution is -0.156. The van der Waals surface area contributed by atoms with Crippen LogP contribution in [0.4, 0.5) is 0 Å². The molecule has 1 fully saturated rings. The van der Waals surface area contributed by atoms with Gasteiger partial charge in [0.05, 0.1) is 5.69 Å². The summed E-state index contributed by atoms with van der Waals surface area (Å²) in [5.74, 6) is -1.25. The average molecular weight is 307 g/mol. The molecule has 0 saturated carbocycles. The molecule has 1 aromatic heterocycles. The zero-order valence-electron chi connectivity index (χ0n) is 14.0. The van der Waals surface area contributed by atoms with Crippen LogP contribution in [0.3, 0.4) is 0 Å². The second-order valence-corrected chi connectivity index (χ2v) is 6.55. The van der Waals surface area contributed by atoms with E-state index in [9.17, 15) is 14.7 Å². The lowest BCUT2D eigenvalue weighted by Crippen LogP contribution is -2.52. The first-order valence-corrected chi connectivity index (χ1v) is 7.72. The average Bonchev–Trinajstić information content (AvgIpc) is 2.95. The fourth-order valence-electron chi connectivity index (χ4n) is 3.31. The highest BCUT2D eigenvalue weighted by atomic mass is 16.4. The first kappa shape index (κ1) is 16.5. The zero-order chi connectivity index (χ0) is 16.7. The van der Waals surface area contributed by atoms with E-state index in [0.717, 1.165) is 23.4 Å². The first-order valence-electron chi connectivity index (χ1n) is 7.72. The fourth-order valence-corrected chi connectivity index (χ4v) is 3.31. The van der Waals surface area contributed by atoms with Crippen LogP contribution in [0.5, 0.6) is 0 Å². The van der Waals surface area contributed by atoms with Crippen LogP contribution in [0.15, 0.2) is 0 Å². The van der Waals surface area contributed by atoms with Crippen molar-refractivity contribution in [3.8, 4) is 0 Å². The lowest BCUT2D eigenvalue weighted by Gasteiger charge is -2.33. The van der Waals surface area contributed by atoms with E-state index in [-0.39, 0.29) is 11.8 Å². The van der Waals surface area contributed by atoms with Crippen molar-refractivity contribution in [2.45, 2.75) is 52.5 Å². The van der Waals surface area contributed by atoms with Gasteiger partial charge in [-0.25, -0.2) is 4.79 Å². The molecular weight excluding hydrogens is 282 g/mol. The first-order chi connectivity index (χ1) is 10.2. The molecule has 0 aromatic carbocycles. The molecule has 6 heteroatoms. The molecule has 2 heterocycles. The summed E-state index contributed by atoms with van der Waals surface area (Å²) >= 11 is 0. The molecular formula is C16H25N3O3. The van der Waals surface area contributed by atoms with Crippen molar-refractivity contribution in [3.05, 3.63) is 17.0 Å². The summed E-state index contributed by atoms with van der Waals surface area (Å²) < 4.78 is 1.82. The van der Waals surface area contributed by atoms with Gasteiger partial charge in [-0.1, -0.05) is 6.92 Å². The number of carboxylic acids is 1. The van der Waals surface area contributed by atoms with E-state index in [1.54, 1.807) is 11.8 Å². The van der Waals surface area contributed by atoms with Crippen molar-refractivity contribution >= 4 is 11.9 Å². The Balaban J connectivity index is 2.17. The molecule has 0 aliphatic carbocycles. The number of likely N-dealkylation sites (tertiary alicyclic amines) is 1. The quantitative estimate of drug-likeness (QED) is 0.918. The summed E-state index contributed by atoms with van der Waals surface area (Å²) in [5.41, 5.74) is 2.01. The number of hydrogen-bond acceptors (Lipinski definition) is 3. The van der Waals surface area contributed by atoms with Crippen molar-refractivity contribution in [2.75, 3.05) is 6.54 Å². The Morgan fingerprint density at radius 3 is 2.55 bits per heavy atom.